The monoisotopic (exact) mass is 361 g/mol. The van der Waals surface area contributed by atoms with Gasteiger partial charge in [-0.15, -0.1) is 0 Å². The van der Waals surface area contributed by atoms with Gasteiger partial charge in [0.2, 0.25) is 5.88 Å². The van der Waals surface area contributed by atoms with Crippen LogP contribution in [0.3, 0.4) is 0 Å². The number of rotatable bonds is 3. The van der Waals surface area contributed by atoms with Crippen LogP contribution in [0.5, 0.6) is 5.88 Å². The summed E-state index contributed by atoms with van der Waals surface area (Å²) in [7, 11) is 1.65. The number of nitrogens with zero attached hydrogens (tertiary/aromatic N) is 1. The van der Waals surface area contributed by atoms with Gasteiger partial charge in [0.05, 0.1) is 12.6 Å². The summed E-state index contributed by atoms with van der Waals surface area (Å²) in [6, 6.07) is 16.0. The minimum Gasteiger partial charge on any atom is -0.481 e. The van der Waals surface area contributed by atoms with E-state index in [2.05, 4.69) is 39.1 Å². The van der Waals surface area contributed by atoms with Crippen molar-refractivity contribution in [3.8, 4) is 5.88 Å². The molecule has 0 bridgehead atoms. The molecule has 0 saturated carbocycles. The van der Waals surface area contributed by atoms with E-state index in [0.29, 0.717) is 10.9 Å². The predicted molar refractivity (Wildman–Crippen MR) is 90.3 cm³/mol. The summed E-state index contributed by atoms with van der Waals surface area (Å²) in [6.07, 6.45) is 0.770. The fraction of sp³-hybridized carbons (Fsp3) is 0.118. The number of aromatic nitrogens is 1. The second-order valence-electron chi connectivity index (χ2n) is 4.80. The van der Waals surface area contributed by atoms with Crippen LogP contribution in [0.1, 0.15) is 11.1 Å². The molecule has 0 fully saturated rings. The molecule has 0 aliphatic rings. The van der Waals surface area contributed by atoms with Crippen LogP contribution in [0.2, 0.25) is 5.02 Å². The Morgan fingerprint density at radius 2 is 1.86 bits per heavy atom. The van der Waals surface area contributed by atoms with Crippen molar-refractivity contribution < 1.29 is 4.74 Å². The van der Waals surface area contributed by atoms with E-state index in [0.717, 1.165) is 27.4 Å². The lowest BCUT2D eigenvalue weighted by Crippen LogP contribution is -1.97. The van der Waals surface area contributed by atoms with Crippen molar-refractivity contribution in [2.24, 2.45) is 0 Å². The molecule has 3 aromatic rings. The van der Waals surface area contributed by atoms with Gasteiger partial charge in [0.1, 0.15) is 0 Å². The Kier molecular flexibility index (Phi) is 4.13. The molecule has 0 radical (unpaired) electrons. The first-order valence-electron chi connectivity index (χ1n) is 6.53. The first-order valence-corrected chi connectivity index (χ1v) is 7.70. The molecule has 0 N–H and O–H groups in total. The van der Waals surface area contributed by atoms with E-state index >= 15 is 0 Å². The van der Waals surface area contributed by atoms with Crippen LogP contribution in [0.4, 0.5) is 0 Å². The summed E-state index contributed by atoms with van der Waals surface area (Å²) < 4.78 is 6.50. The van der Waals surface area contributed by atoms with Crippen LogP contribution in [-0.4, -0.2) is 12.1 Å². The summed E-state index contributed by atoms with van der Waals surface area (Å²) in [5, 5.41) is 1.74. The standard InChI is InChI=1S/C17H13BrClNO/c1-21-17-13(8-11-2-4-14(18)5-3-11)9-12-10-15(19)6-7-16(12)20-17/h2-7,9-10H,8H2,1H3. The normalized spacial score (nSPS) is 10.8. The summed E-state index contributed by atoms with van der Waals surface area (Å²) in [5.41, 5.74) is 3.14. The summed E-state index contributed by atoms with van der Waals surface area (Å²) >= 11 is 9.51. The quantitative estimate of drug-likeness (QED) is 0.635. The number of methoxy groups -OCH3 is 1. The molecule has 2 nitrogen and oxygen atoms in total. The molecule has 0 aliphatic heterocycles. The molecule has 2 aromatic carbocycles. The highest BCUT2D eigenvalue weighted by molar-refractivity contribution is 9.10. The van der Waals surface area contributed by atoms with Gasteiger partial charge >= 0.3 is 0 Å². The molecule has 106 valence electrons. The van der Waals surface area contributed by atoms with Crippen molar-refractivity contribution in [3.63, 3.8) is 0 Å². The van der Waals surface area contributed by atoms with Gasteiger partial charge in [-0.1, -0.05) is 39.7 Å². The minimum absolute atomic E-state index is 0.660. The largest absolute Gasteiger partial charge is 0.481 e. The number of ether oxygens (including phenoxy) is 1. The van der Waals surface area contributed by atoms with Gasteiger partial charge in [0, 0.05) is 26.9 Å². The van der Waals surface area contributed by atoms with Crippen molar-refractivity contribution in [1.82, 2.24) is 4.98 Å². The van der Waals surface area contributed by atoms with Gasteiger partial charge in [-0.05, 0) is 42.0 Å². The Bertz CT molecular complexity index is 787. The summed E-state index contributed by atoms with van der Waals surface area (Å²) in [5.74, 6) is 0.660. The molecule has 0 aliphatic carbocycles. The average Bonchev–Trinajstić information content (AvgIpc) is 2.49. The molecule has 3 rings (SSSR count). The van der Waals surface area contributed by atoms with Crippen LogP contribution in [0.15, 0.2) is 53.0 Å². The maximum atomic E-state index is 6.06. The topological polar surface area (TPSA) is 22.1 Å². The fourth-order valence-corrected chi connectivity index (χ4v) is 2.74. The Morgan fingerprint density at radius 3 is 2.57 bits per heavy atom. The molecule has 0 amide bonds. The van der Waals surface area contributed by atoms with E-state index in [4.69, 9.17) is 16.3 Å². The van der Waals surface area contributed by atoms with Crippen LogP contribution in [0, 0.1) is 0 Å². The molecule has 1 heterocycles. The Hall–Kier alpha value is -1.58. The third kappa shape index (κ3) is 3.20. The second-order valence-corrected chi connectivity index (χ2v) is 6.15. The zero-order valence-electron chi connectivity index (χ0n) is 11.4. The first kappa shape index (κ1) is 14.4. The van der Waals surface area contributed by atoms with Gasteiger partial charge in [0.25, 0.3) is 0 Å². The van der Waals surface area contributed by atoms with Crippen molar-refractivity contribution in [2.75, 3.05) is 7.11 Å². The van der Waals surface area contributed by atoms with E-state index in [1.165, 1.54) is 5.56 Å². The molecule has 1 aromatic heterocycles. The molecular formula is C17H13BrClNO. The molecule has 0 spiro atoms. The lowest BCUT2D eigenvalue weighted by atomic mass is 10.0. The third-order valence-electron chi connectivity index (χ3n) is 3.32. The second kappa shape index (κ2) is 6.04. The van der Waals surface area contributed by atoms with Crippen LogP contribution in [0.25, 0.3) is 10.9 Å². The van der Waals surface area contributed by atoms with E-state index in [-0.39, 0.29) is 0 Å². The maximum Gasteiger partial charge on any atom is 0.217 e. The van der Waals surface area contributed by atoms with E-state index in [1.54, 1.807) is 7.11 Å². The van der Waals surface area contributed by atoms with Crippen molar-refractivity contribution in [1.29, 1.82) is 0 Å². The number of hydrogen-bond donors (Lipinski definition) is 0. The highest BCUT2D eigenvalue weighted by Gasteiger charge is 2.09. The molecule has 0 atom stereocenters. The van der Waals surface area contributed by atoms with E-state index in [9.17, 15) is 0 Å². The molecule has 0 unspecified atom stereocenters. The van der Waals surface area contributed by atoms with E-state index < -0.39 is 0 Å². The van der Waals surface area contributed by atoms with Crippen molar-refractivity contribution in [3.05, 3.63) is 69.2 Å². The zero-order valence-corrected chi connectivity index (χ0v) is 13.8. The number of benzene rings is 2. The van der Waals surface area contributed by atoms with Gasteiger partial charge in [-0.2, -0.15) is 0 Å². The molecule has 4 heteroatoms. The van der Waals surface area contributed by atoms with Crippen LogP contribution < -0.4 is 4.74 Å². The predicted octanol–water partition coefficient (Wildman–Crippen LogP) is 5.25. The SMILES string of the molecule is COc1nc2ccc(Cl)cc2cc1Cc1ccc(Br)cc1. The molecule has 0 saturated heterocycles. The van der Waals surface area contributed by atoms with E-state index in [1.807, 2.05) is 30.3 Å². The Morgan fingerprint density at radius 1 is 1.10 bits per heavy atom. The molecule has 21 heavy (non-hydrogen) atoms. The van der Waals surface area contributed by atoms with Crippen LogP contribution >= 0.6 is 27.5 Å². The summed E-state index contributed by atoms with van der Waals surface area (Å²) in [4.78, 5) is 4.56. The molecular weight excluding hydrogens is 350 g/mol. The first-order chi connectivity index (χ1) is 10.2. The van der Waals surface area contributed by atoms with Crippen LogP contribution in [-0.2, 0) is 6.42 Å². The third-order valence-corrected chi connectivity index (χ3v) is 4.08. The number of fused-ring (bicyclic) bond motifs is 1. The average molecular weight is 363 g/mol. The smallest absolute Gasteiger partial charge is 0.217 e. The highest BCUT2D eigenvalue weighted by Crippen LogP contribution is 2.26. The zero-order chi connectivity index (χ0) is 14.8. The minimum atomic E-state index is 0.660. The van der Waals surface area contributed by atoms with Crippen molar-refractivity contribution >= 4 is 38.4 Å². The number of halogens is 2. The van der Waals surface area contributed by atoms with Gasteiger partial charge in [-0.25, -0.2) is 4.98 Å². The lowest BCUT2D eigenvalue weighted by Gasteiger charge is -2.10. The lowest BCUT2D eigenvalue weighted by molar-refractivity contribution is 0.395. The fourth-order valence-electron chi connectivity index (χ4n) is 2.30. The summed E-state index contributed by atoms with van der Waals surface area (Å²) in [6.45, 7) is 0. The van der Waals surface area contributed by atoms with Gasteiger partial charge < -0.3 is 4.74 Å². The highest BCUT2D eigenvalue weighted by atomic mass is 79.9. The number of hydrogen-bond acceptors (Lipinski definition) is 2. The number of pyridine rings is 1. The Balaban J connectivity index is 2.05. The Labute approximate surface area is 136 Å². The van der Waals surface area contributed by atoms with Gasteiger partial charge in [-0.3, -0.25) is 0 Å². The maximum absolute atomic E-state index is 6.06. The van der Waals surface area contributed by atoms with Gasteiger partial charge in [0.15, 0.2) is 0 Å². The van der Waals surface area contributed by atoms with Crippen molar-refractivity contribution in [2.45, 2.75) is 6.42 Å².